The topological polar surface area (TPSA) is 23.5 Å². The van der Waals surface area contributed by atoms with Gasteiger partial charge in [-0.3, -0.25) is 0 Å². The summed E-state index contributed by atoms with van der Waals surface area (Å²) in [5.74, 6) is 0.673. The number of hydrogen-bond acceptors (Lipinski definition) is 2. The monoisotopic (exact) mass is 235 g/mol. The van der Waals surface area contributed by atoms with Crippen LogP contribution in [0.1, 0.15) is 45.3 Å². The van der Waals surface area contributed by atoms with Gasteiger partial charge in [0.05, 0.1) is 6.10 Å². The van der Waals surface area contributed by atoms with E-state index in [1.165, 1.54) is 6.42 Å². The quantitative estimate of drug-likeness (QED) is 0.814. The Morgan fingerprint density at radius 1 is 1.18 bits per heavy atom. The molecule has 1 aromatic carbocycles. The first-order valence-electron chi connectivity index (χ1n) is 6.58. The van der Waals surface area contributed by atoms with Crippen LogP contribution in [0.5, 0.6) is 0 Å². The number of anilines is 1. The standard InChI is InChI=1S/C15H25NO/c1-5-12(3)11-16(4)14-10-8-7-9-13(14)15(17)6-2/h7-10,12,15,17H,5-6,11H2,1-4H3/t12?,15-/m1/s1. The highest BCUT2D eigenvalue weighted by atomic mass is 16.3. The lowest BCUT2D eigenvalue weighted by atomic mass is 10.0. The maximum atomic E-state index is 10.0. The van der Waals surface area contributed by atoms with Crippen LogP contribution in [0, 0.1) is 5.92 Å². The Labute approximate surface area is 105 Å². The molecule has 0 aliphatic rings. The summed E-state index contributed by atoms with van der Waals surface area (Å²) in [4.78, 5) is 2.25. The van der Waals surface area contributed by atoms with Crippen molar-refractivity contribution in [2.24, 2.45) is 5.92 Å². The molecule has 2 heteroatoms. The van der Waals surface area contributed by atoms with Crippen LogP contribution in [0.25, 0.3) is 0 Å². The fourth-order valence-electron chi connectivity index (χ4n) is 2.03. The van der Waals surface area contributed by atoms with Gasteiger partial charge in [0.1, 0.15) is 0 Å². The van der Waals surface area contributed by atoms with E-state index in [-0.39, 0.29) is 6.10 Å². The van der Waals surface area contributed by atoms with Crippen molar-refractivity contribution < 1.29 is 5.11 Å². The summed E-state index contributed by atoms with van der Waals surface area (Å²) in [7, 11) is 2.10. The molecule has 0 fully saturated rings. The highest BCUT2D eigenvalue weighted by Gasteiger charge is 2.14. The maximum Gasteiger partial charge on any atom is 0.0807 e. The maximum absolute atomic E-state index is 10.0. The van der Waals surface area contributed by atoms with Gasteiger partial charge in [-0.15, -0.1) is 0 Å². The average molecular weight is 235 g/mol. The van der Waals surface area contributed by atoms with Gasteiger partial charge in [0.2, 0.25) is 0 Å². The third kappa shape index (κ3) is 3.74. The van der Waals surface area contributed by atoms with Crippen molar-refractivity contribution in [3.05, 3.63) is 29.8 Å². The third-order valence-electron chi connectivity index (χ3n) is 3.38. The smallest absolute Gasteiger partial charge is 0.0807 e. The Morgan fingerprint density at radius 3 is 2.41 bits per heavy atom. The van der Waals surface area contributed by atoms with Crippen molar-refractivity contribution in [2.45, 2.75) is 39.7 Å². The van der Waals surface area contributed by atoms with Gasteiger partial charge in [-0.05, 0) is 18.4 Å². The molecular weight excluding hydrogens is 210 g/mol. The molecule has 96 valence electrons. The molecule has 1 unspecified atom stereocenters. The zero-order chi connectivity index (χ0) is 12.8. The van der Waals surface area contributed by atoms with Crippen molar-refractivity contribution in [3.8, 4) is 0 Å². The number of aliphatic hydroxyl groups is 1. The largest absolute Gasteiger partial charge is 0.388 e. The fourth-order valence-corrected chi connectivity index (χ4v) is 2.03. The second-order valence-corrected chi connectivity index (χ2v) is 4.88. The molecule has 0 radical (unpaired) electrons. The van der Waals surface area contributed by atoms with E-state index in [2.05, 4.69) is 31.9 Å². The van der Waals surface area contributed by atoms with Gasteiger partial charge in [-0.2, -0.15) is 0 Å². The molecule has 0 saturated heterocycles. The first-order chi connectivity index (χ1) is 8.10. The molecule has 1 aromatic rings. The zero-order valence-electron chi connectivity index (χ0n) is 11.5. The van der Waals surface area contributed by atoms with E-state index in [1.807, 2.05) is 25.1 Å². The minimum Gasteiger partial charge on any atom is -0.388 e. The van der Waals surface area contributed by atoms with Gasteiger partial charge in [-0.1, -0.05) is 45.4 Å². The molecule has 0 saturated carbocycles. The second-order valence-electron chi connectivity index (χ2n) is 4.88. The molecule has 1 rings (SSSR count). The lowest BCUT2D eigenvalue weighted by Crippen LogP contribution is -2.25. The number of hydrogen-bond donors (Lipinski definition) is 1. The summed E-state index contributed by atoms with van der Waals surface area (Å²) < 4.78 is 0. The first-order valence-corrected chi connectivity index (χ1v) is 6.58. The van der Waals surface area contributed by atoms with E-state index in [0.717, 1.165) is 24.2 Å². The van der Waals surface area contributed by atoms with E-state index in [0.29, 0.717) is 5.92 Å². The fraction of sp³-hybridized carbons (Fsp3) is 0.600. The van der Waals surface area contributed by atoms with Crippen molar-refractivity contribution >= 4 is 5.69 Å². The predicted molar refractivity (Wildman–Crippen MR) is 74.4 cm³/mol. The van der Waals surface area contributed by atoms with Gasteiger partial charge >= 0.3 is 0 Å². The Hall–Kier alpha value is -1.02. The van der Waals surface area contributed by atoms with Gasteiger partial charge in [0.15, 0.2) is 0 Å². The van der Waals surface area contributed by atoms with E-state index in [4.69, 9.17) is 0 Å². The van der Waals surface area contributed by atoms with Gasteiger partial charge < -0.3 is 10.0 Å². The van der Waals surface area contributed by atoms with Crippen molar-refractivity contribution in [3.63, 3.8) is 0 Å². The van der Waals surface area contributed by atoms with Gasteiger partial charge in [0, 0.05) is 24.8 Å². The van der Waals surface area contributed by atoms with Crippen LogP contribution in [0.3, 0.4) is 0 Å². The van der Waals surface area contributed by atoms with Crippen molar-refractivity contribution in [1.29, 1.82) is 0 Å². The summed E-state index contributed by atoms with van der Waals surface area (Å²) in [5.41, 5.74) is 2.20. The Kier molecular flexibility index (Phi) is 5.49. The molecule has 0 aliphatic heterocycles. The van der Waals surface area contributed by atoms with Crippen LogP contribution >= 0.6 is 0 Å². The van der Waals surface area contributed by atoms with Crippen LogP contribution in [-0.4, -0.2) is 18.7 Å². The number of rotatable bonds is 6. The Balaban J connectivity index is 2.88. The molecule has 0 spiro atoms. The summed E-state index contributed by atoms with van der Waals surface area (Å²) in [5, 5.41) is 10.0. The number of aliphatic hydroxyl groups excluding tert-OH is 1. The number of para-hydroxylation sites is 1. The summed E-state index contributed by atoms with van der Waals surface area (Å²) in [6.45, 7) is 7.51. The van der Waals surface area contributed by atoms with Gasteiger partial charge in [-0.25, -0.2) is 0 Å². The summed E-state index contributed by atoms with van der Waals surface area (Å²) >= 11 is 0. The zero-order valence-corrected chi connectivity index (χ0v) is 11.5. The van der Waals surface area contributed by atoms with E-state index < -0.39 is 0 Å². The molecule has 2 nitrogen and oxygen atoms in total. The molecule has 17 heavy (non-hydrogen) atoms. The first kappa shape index (κ1) is 14.0. The van der Waals surface area contributed by atoms with Crippen LogP contribution < -0.4 is 4.90 Å². The second kappa shape index (κ2) is 6.65. The molecule has 0 amide bonds. The summed E-state index contributed by atoms with van der Waals surface area (Å²) in [6, 6.07) is 8.15. The van der Waals surface area contributed by atoms with Crippen molar-refractivity contribution in [2.75, 3.05) is 18.5 Å². The third-order valence-corrected chi connectivity index (χ3v) is 3.38. The lowest BCUT2D eigenvalue weighted by molar-refractivity contribution is 0.174. The van der Waals surface area contributed by atoms with Gasteiger partial charge in [0.25, 0.3) is 0 Å². The molecular formula is C15H25NO. The molecule has 0 aromatic heterocycles. The van der Waals surface area contributed by atoms with Crippen LogP contribution in [0.15, 0.2) is 24.3 Å². The van der Waals surface area contributed by atoms with Crippen LogP contribution in [0.2, 0.25) is 0 Å². The number of benzene rings is 1. The minimum atomic E-state index is -0.356. The predicted octanol–water partition coefficient (Wildman–Crippen LogP) is 3.61. The van der Waals surface area contributed by atoms with E-state index in [1.54, 1.807) is 0 Å². The normalized spacial score (nSPS) is 14.4. The van der Waals surface area contributed by atoms with Crippen LogP contribution in [0.4, 0.5) is 5.69 Å². The molecule has 0 bridgehead atoms. The molecule has 1 N–H and O–H groups in total. The van der Waals surface area contributed by atoms with Crippen LogP contribution in [-0.2, 0) is 0 Å². The number of nitrogens with zero attached hydrogens (tertiary/aromatic N) is 1. The minimum absolute atomic E-state index is 0.356. The van der Waals surface area contributed by atoms with Crippen molar-refractivity contribution in [1.82, 2.24) is 0 Å². The van der Waals surface area contributed by atoms with E-state index in [9.17, 15) is 5.11 Å². The average Bonchev–Trinajstić information content (AvgIpc) is 2.37. The Morgan fingerprint density at radius 2 is 1.82 bits per heavy atom. The lowest BCUT2D eigenvalue weighted by Gasteiger charge is -2.26. The summed E-state index contributed by atoms with van der Waals surface area (Å²) in [6.07, 6.45) is 1.59. The SMILES string of the molecule is CCC(C)CN(C)c1ccccc1[C@H](O)CC. The highest BCUT2D eigenvalue weighted by molar-refractivity contribution is 5.54. The highest BCUT2D eigenvalue weighted by Crippen LogP contribution is 2.27. The Bertz CT molecular complexity index is 337. The van der Waals surface area contributed by atoms with E-state index >= 15 is 0 Å². The molecule has 0 heterocycles. The molecule has 0 aliphatic carbocycles. The molecule has 2 atom stereocenters.